The summed E-state index contributed by atoms with van der Waals surface area (Å²) in [6.07, 6.45) is 4.03. The van der Waals surface area contributed by atoms with Gasteiger partial charge in [-0.15, -0.1) is 6.58 Å². The molecule has 4 rings (SSSR count). The van der Waals surface area contributed by atoms with Gasteiger partial charge < -0.3 is 19.4 Å². The highest BCUT2D eigenvalue weighted by molar-refractivity contribution is 5.91. The molecule has 1 atom stereocenters. The zero-order valence-electron chi connectivity index (χ0n) is 20.5. The fraction of sp³-hybridized carbons (Fsp3) is 0.321. The number of carbonyl (C=O) groups excluding carboxylic acids is 2. The van der Waals surface area contributed by atoms with E-state index in [-0.39, 0.29) is 47.8 Å². The van der Waals surface area contributed by atoms with Crippen LogP contribution in [0, 0.1) is 11.7 Å². The van der Waals surface area contributed by atoms with E-state index < -0.39 is 0 Å². The van der Waals surface area contributed by atoms with Crippen LogP contribution in [0.2, 0.25) is 0 Å². The first kappa shape index (κ1) is 25.2. The second kappa shape index (κ2) is 11.2. The van der Waals surface area contributed by atoms with Crippen molar-refractivity contribution in [2.24, 2.45) is 5.92 Å². The summed E-state index contributed by atoms with van der Waals surface area (Å²) in [5, 5.41) is 2.64. The van der Waals surface area contributed by atoms with Gasteiger partial charge in [0.15, 0.2) is 12.3 Å². The van der Waals surface area contributed by atoms with Crippen molar-refractivity contribution in [1.29, 1.82) is 0 Å². The Bertz CT molecular complexity index is 1240. The number of aromatic nitrogens is 1. The van der Waals surface area contributed by atoms with E-state index in [1.165, 1.54) is 18.4 Å². The van der Waals surface area contributed by atoms with E-state index in [4.69, 9.17) is 9.15 Å². The minimum atomic E-state index is -0.355. The summed E-state index contributed by atoms with van der Waals surface area (Å²) in [5.74, 6) is 0.461. The van der Waals surface area contributed by atoms with Crippen LogP contribution >= 0.6 is 0 Å². The van der Waals surface area contributed by atoms with Gasteiger partial charge in [-0.25, -0.2) is 9.37 Å². The zero-order chi connectivity index (χ0) is 25.7. The minimum absolute atomic E-state index is 0.0325. The monoisotopic (exact) mass is 491 g/mol. The normalized spacial score (nSPS) is 14.9. The van der Waals surface area contributed by atoms with Crippen molar-refractivity contribution < 1.29 is 23.1 Å². The molecule has 1 unspecified atom stereocenters. The van der Waals surface area contributed by atoms with E-state index in [0.717, 1.165) is 23.1 Å². The van der Waals surface area contributed by atoms with Gasteiger partial charge in [0.25, 0.3) is 5.91 Å². The Labute approximate surface area is 210 Å². The Balaban J connectivity index is 1.57. The summed E-state index contributed by atoms with van der Waals surface area (Å²) in [7, 11) is 0. The number of hydrogen-bond donors (Lipinski definition) is 1. The molecule has 1 N–H and O–H groups in total. The third-order valence-electron chi connectivity index (χ3n) is 5.99. The maximum absolute atomic E-state index is 13.7. The summed E-state index contributed by atoms with van der Waals surface area (Å²) in [6.45, 7) is 8.56. The standard InChI is InChI=1S/C28H30FN3O4/c1-4-12-30-28(34)24-16-36-25(31-24)17-35-22-10-7-19-11-13-32(26(33)14-18(2)3)27(23(19)15-22)20-5-8-21(29)9-6-20/h4-10,15-16,18,27H,1,11-14,17H2,2-3H3,(H,30,34). The first-order valence-corrected chi connectivity index (χ1v) is 12.0. The summed E-state index contributed by atoms with van der Waals surface area (Å²) < 4.78 is 25.0. The fourth-order valence-electron chi connectivity index (χ4n) is 4.30. The SMILES string of the molecule is C=CCNC(=O)c1coc(COc2ccc3c(c2)C(c2ccc(F)cc2)N(C(=O)CC(C)C)CC3)n1. The molecule has 2 heterocycles. The summed E-state index contributed by atoms with van der Waals surface area (Å²) in [6, 6.07) is 11.7. The van der Waals surface area contributed by atoms with Crippen LogP contribution in [-0.4, -0.2) is 34.8 Å². The largest absolute Gasteiger partial charge is 0.484 e. The Kier molecular flexibility index (Phi) is 7.83. The van der Waals surface area contributed by atoms with Crippen molar-refractivity contribution in [3.05, 3.63) is 95.5 Å². The number of nitrogens with zero attached hydrogens (tertiary/aromatic N) is 2. The second-order valence-corrected chi connectivity index (χ2v) is 9.16. The number of amides is 2. The average Bonchev–Trinajstić information content (AvgIpc) is 3.34. The van der Waals surface area contributed by atoms with Gasteiger partial charge in [-0.3, -0.25) is 9.59 Å². The maximum atomic E-state index is 13.7. The lowest BCUT2D eigenvalue weighted by Crippen LogP contribution is -2.41. The number of carbonyl (C=O) groups is 2. The molecule has 0 spiro atoms. The predicted molar refractivity (Wildman–Crippen MR) is 133 cm³/mol. The quantitative estimate of drug-likeness (QED) is 0.434. The topological polar surface area (TPSA) is 84.7 Å². The Hall–Kier alpha value is -3.94. The molecule has 0 radical (unpaired) electrons. The van der Waals surface area contributed by atoms with E-state index in [0.29, 0.717) is 25.3 Å². The van der Waals surface area contributed by atoms with E-state index in [1.54, 1.807) is 18.2 Å². The highest BCUT2D eigenvalue weighted by atomic mass is 19.1. The van der Waals surface area contributed by atoms with Gasteiger partial charge in [0.1, 0.15) is 17.8 Å². The van der Waals surface area contributed by atoms with E-state index in [2.05, 4.69) is 16.9 Å². The number of nitrogens with one attached hydrogen (secondary N) is 1. The van der Waals surface area contributed by atoms with Crippen LogP contribution in [0.1, 0.15) is 59.4 Å². The molecule has 188 valence electrons. The molecule has 0 aliphatic carbocycles. The van der Waals surface area contributed by atoms with Crippen molar-refractivity contribution in [2.75, 3.05) is 13.1 Å². The van der Waals surface area contributed by atoms with Gasteiger partial charge in [-0.1, -0.05) is 38.1 Å². The molecule has 1 aliphatic rings. The van der Waals surface area contributed by atoms with Crippen molar-refractivity contribution in [2.45, 2.75) is 39.3 Å². The van der Waals surface area contributed by atoms with Crippen LogP contribution in [0.4, 0.5) is 4.39 Å². The third-order valence-corrected chi connectivity index (χ3v) is 5.99. The molecule has 1 aromatic heterocycles. The van der Waals surface area contributed by atoms with Gasteiger partial charge in [0.2, 0.25) is 11.8 Å². The molecule has 1 aliphatic heterocycles. The van der Waals surface area contributed by atoms with Crippen molar-refractivity contribution in [3.63, 3.8) is 0 Å². The third kappa shape index (κ3) is 5.82. The van der Waals surface area contributed by atoms with E-state index in [9.17, 15) is 14.0 Å². The number of halogens is 1. The molecule has 0 fully saturated rings. The minimum Gasteiger partial charge on any atom is -0.484 e. The van der Waals surface area contributed by atoms with Crippen LogP contribution in [0.15, 0.2) is 65.8 Å². The van der Waals surface area contributed by atoms with Crippen LogP contribution in [0.25, 0.3) is 0 Å². The number of fused-ring (bicyclic) bond motifs is 1. The molecular formula is C28H30FN3O4. The van der Waals surface area contributed by atoms with Crippen LogP contribution < -0.4 is 10.1 Å². The highest BCUT2D eigenvalue weighted by Crippen LogP contribution is 2.38. The van der Waals surface area contributed by atoms with Crippen molar-refractivity contribution in [1.82, 2.24) is 15.2 Å². The molecule has 2 amide bonds. The lowest BCUT2D eigenvalue weighted by molar-refractivity contribution is -0.134. The van der Waals surface area contributed by atoms with Crippen molar-refractivity contribution in [3.8, 4) is 5.75 Å². The number of ether oxygens (including phenoxy) is 1. The molecule has 0 bridgehead atoms. The first-order chi connectivity index (χ1) is 17.4. The highest BCUT2D eigenvalue weighted by Gasteiger charge is 2.32. The van der Waals surface area contributed by atoms with Gasteiger partial charge in [0.05, 0.1) is 6.04 Å². The molecule has 8 heteroatoms. The summed E-state index contributed by atoms with van der Waals surface area (Å²) >= 11 is 0. The number of hydrogen-bond acceptors (Lipinski definition) is 5. The van der Waals surface area contributed by atoms with Gasteiger partial charge in [-0.2, -0.15) is 0 Å². The van der Waals surface area contributed by atoms with Gasteiger partial charge in [0, 0.05) is 19.5 Å². The van der Waals surface area contributed by atoms with Crippen LogP contribution in [0.3, 0.4) is 0 Å². The lowest BCUT2D eigenvalue weighted by Gasteiger charge is -2.38. The molecule has 3 aromatic rings. The zero-order valence-corrected chi connectivity index (χ0v) is 20.5. The molecule has 0 saturated heterocycles. The summed E-state index contributed by atoms with van der Waals surface area (Å²) in [5.41, 5.74) is 3.06. The van der Waals surface area contributed by atoms with E-state index >= 15 is 0 Å². The first-order valence-electron chi connectivity index (χ1n) is 12.0. The van der Waals surface area contributed by atoms with Gasteiger partial charge in [-0.05, 0) is 53.3 Å². The van der Waals surface area contributed by atoms with Gasteiger partial charge >= 0.3 is 0 Å². The number of oxazole rings is 1. The fourth-order valence-corrected chi connectivity index (χ4v) is 4.30. The van der Waals surface area contributed by atoms with Crippen molar-refractivity contribution >= 4 is 11.8 Å². The Morgan fingerprint density at radius 3 is 2.78 bits per heavy atom. The molecule has 7 nitrogen and oxygen atoms in total. The molecule has 0 saturated carbocycles. The van der Waals surface area contributed by atoms with Crippen LogP contribution in [-0.2, 0) is 17.8 Å². The van der Waals surface area contributed by atoms with E-state index in [1.807, 2.05) is 36.9 Å². The molecule has 2 aromatic carbocycles. The Morgan fingerprint density at radius 1 is 1.28 bits per heavy atom. The molecule has 36 heavy (non-hydrogen) atoms. The lowest BCUT2D eigenvalue weighted by atomic mass is 9.87. The smallest absolute Gasteiger partial charge is 0.273 e. The number of rotatable bonds is 9. The van der Waals surface area contributed by atoms with Crippen LogP contribution in [0.5, 0.6) is 5.75 Å². The number of benzene rings is 2. The predicted octanol–water partition coefficient (Wildman–Crippen LogP) is 4.83. The maximum Gasteiger partial charge on any atom is 0.273 e. The summed E-state index contributed by atoms with van der Waals surface area (Å²) in [4.78, 5) is 31.2. The second-order valence-electron chi connectivity index (χ2n) is 9.16. The Morgan fingerprint density at radius 2 is 2.06 bits per heavy atom. The molecular weight excluding hydrogens is 461 g/mol. The average molecular weight is 492 g/mol.